The fourth-order valence-electron chi connectivity index (χ4n) is 2.31. The van der Waals surface area contributed by atoms with E-state index >= 15 is 0 Å². The minimum atomic E-state index is -0.265. The third-order valence-corrected chi connectivity index (χ3v) is 3.76. The van der Waals surface area contributed by atoms with Crippen LogP contribution in [0.3, 0.4) is 0 Å². The molecule has 0 unspecified atom stereocenters. The molecule has 3 rings (SSSR count). The largest absolute Gasteiger partial charge is 0.497 e. The van der Waals surface area contributed by atoms with Crippen molar-refractivity contribution in [3.63, 3.8) is 0 Å². The predicted molar refractivity (Wildman–Crippen MR) is 98.9 cm³/mol. The minimum absolute atomic E-state index is 0.243. The fourth-order valence-corrected chi connectivity index (χ4v) is 2.31. The SMILES string of the molecule is COc1ccc(NC(=O)c2ccc(NCc3ccc(F)cc3)nc2)cc1. The zero-order valence-electron chi connectivity index (χ0n) is 14.2. The summed E-state index contributed by atoms with van der Waals surface area (Å²) in [5.41, 5.74) is 2.07. The van der Waals surface area contributed by atoms with Gasteiger partial charge in [-0.2, -0.15) is 0 Å². The first kappa shape index (κ1) is 17.4. The summed E-state index contributed by atoms with van der Waals surface area (Å²) in [4.78, 5) is 16.5. The number of halogens is 1. The van der Waals surface area contributed by atoms with Crippen molar-refractivity contribution in [2.24, 2.45) is 0 Å². The molecule has 0 saturated carbocycles. The lowest BCUT2D eigenvalue weighted by molar-refractivity contribution is 0.102. The van der Waals surface area contributed by atoms with Crippen molar-refractivity contribution in [2.75, 3.05) is 17.7 Å². The molecular formula is C20H18FN3O2. The summed E-state index contributed by atoms with van der Waals surface area (Å²) in [5, 5.41) is 5.93. The lowest BCUT2D eigenvalue weighted by atomic mass is 10.2. The molecule has 0 radical (unpaired) electrons. The highest BCUT2D eigenvalue weighted by atomic mass is 19.1. The molecule has 3 aromatic rings. The summed E-state index contributed by atoms with van der Waals surface area (Å²) >= 11 is 0. The molecule has 0 aliphatic rings. The van der Waals surface area contributed by atoms with E-state index in [1.807, 2.05) is 0 Å². The van der Waals surface area contributed by atoms with Crippen LogP contribution >= 0.6 is 0 Å². The molecule has 5 nitrogen and oxygen atoms in total. The number of amides is 1. The van der Waals surface area contributed by atoms with Crippen LogP contribution in [0.25, 0.3) is 0 Å². The first-order chi connectivity index (χ1) is 12.6. The van der Waals surface area contributed by atoms with E-state index in [-0.39, 0.29) is 11.7 Å². The first-order valence-electron chi connectivity index (χ1n) is 8.04. The maximum atomic E-state index is 12.9. The lowest BCUT2D eigenvalue weighted by Gasteiger charge is -2.08. The number of hydrogen-bond acceptors (Lipinski definition) is 4. The summed E-state index contributed by atoms with van der Waals surface area (Å²) in [5.74, 6) is 0.850. The molecule has 0 spiro atoms. The molecule has 1 aromatic heterocycles. The van der Waals surface area contributed by atoms with Crippen LogP contribution in [0, 0.1) is 5.82 Å². The summed E-state index contributed by atoms with van der Waals surface area (Å²) in [6.07, 6.45) is 1.51. The number of nitrogens with one attached hydrogen (secondary N) is 2. The molecule has 0 aliphatic heterocycles. The van der Waals surface area contributed by atoms with Crippen molar-refractivity contribution in [1.29, 1.82) is 0 Å². The lowest BCUT2D eigenvalue weighted by Crippen LogP contribution is -2.12. The molecule has 1 heterocycles. The van der Waals surface area contributed by atoms with Gasteiger partial charge in [-0.15, -0.1) is 0 Å². The van der Waals surface area contributed by atoms with Crippen molar-refractivity contribution < 1.29 is 13.9 Å². The first-order valence-corrected chi connectivity index (χ1v) is 8.04. The highest BCUT2D eigenvalue weighted by Gasteiger charge is 2.07. The number of carbonyl (C=O) groups is 1. The smallest absolute Gasteiger partial charge is 0.257 e. The number of carbonyl (C=O) groups excluding carboxylic acids is 1. The van der Waals surface area contributed by atoms with Crippen molar-refractivity contribution in [3.8, 4) is 5.75 Å². The Labute approximate surface area is 150 Å². The molecule has 0 aliphatic carbocycles. The van der Waals surface area contributed by atoms with E-state index in [1.54, 1.807) is 55.6 Å². The van der Waals surface area contributed by atoms with E-state index in [0.717, 1.165) is 11.3 Å². The molecule has 26 heavy (non-hydrogen) atoms. The van der Waals surface area contributed by atoms with E-state index < -0.39 is 0 Å². The van der Waals surface area contributed by atoms with Crippen LogP contribution in [0.1, 0.15) is 15.9 Å². The van der Waals surface area contributed by atoms with E-state index in [4.69, 9.17) is 4.74 Å². The highest BCUT2D eigenvalue weighted by molar-refractivity contribution is 6.04. The number of aromatic nitrogens is 1. The Morgan fingerprint density at radius 1 is 1.04 bits per heavy atom. The number of rotatable bonds is 6. The second-order valence-corrected chi connectivity index (χ2v) is 5.59. The molecule has 1 amide bonds. The van der Waals surface area contributed by atoms with Gasteiger partial charge in [0.25, 0.3) is 5.91 Å². The van der Waals surface area contributed by atoms with Crippen molar-refractivity contribution in [1.82, 2.24) is 4.98 Å². The van der Waals surface area contributed by atoms with Crippen LogP contribution < -0.4 is 15.4 Å². The van der Waals surface area contributed by atoms with Crippen LogP contribution in [0.15, 0.2) is 66.9 Å². The number of nitrogens with zero attached hydrogens (tertiary/aromatic N) is 1. The van der Waals surface area contributed by atoms with Gasteiger partial charge in [0.05, 0.1) is 12.7 Å². The van der Waals surface area contributed by atoms with E-state index in [0.29, 0.717) is 23.6 Å². The van der Waals surface area contributed by atoms with Gasteiger partial charge in [0.15, 0.2) is 0 Å². The fraction of sp³-hybridized carbons (Fsp3) is 0.100. The third-order valence-electron chi connectivity index (χ3n) is 3.76. The van der Waals surface area contributed by atoms with Crippen LogP contribution in [0.2, 0.25) is 0 Å². The van der Waals surface area contributed by atoms with Gasteiger partial charge >= 0.3 is 0 Å². The maximum absolute atomic E-state index is 12.9. The molecule has 132 valence electrons. The zero-order chi connectivity index (χ0) is 18.4. The average molecular weight is 351 g/mol. The quantitative estimate of drug-likeness (QED) is 0.702. The molecule has 0 atom stereocenters. The Kier molecular flexibility index (Phi) is 5.43. The summed E-state index contributed by atoms with van der Waals surface area (Å²) in [6, 6.07) is 16.7. The van der Waals surface area contributed by atoms with Crippen LogP contribution in [0.5, 0.6) is 5.75 Å². The van der Waals surface area contributed by atoms with E-state index in [2.05, 4.69) is 15.6 Å². The number of ether oxygens (including phenoxy) is 1. The van der Waals surface area contributed by atoms with E-state index in [1.165, 1.54) is 18.3 Å². The van der Waals surface area contributed by atoms with Crippen molar-refractivity contribution in [2.45, 2.75) is 6.54 Å². The molecule has 2 aromatic carbocycles. The maximum Gasteiger partial charge on any atom is 0.257 e. The topological polar surface area (TPSA) is 63.2 Å². The Hall–Kier alpha value is -3.41. The Morgan fingerprint density at radius 3 is 2.38 bits per heavy atom. The van der Waals surface area contributed by atoms with Crippen LogP contribution in [-0.4, -0.2) is 18.0 Å². The van der Waals surface area contributed by atoms with Crippen LogP contribution in [-0.2, 0) is 6.54 Å². The second-order valence-electron chi connectivity index (χ2n) is 5.59. The third kappa shape index (κ3) is 4.57. The van der Waals surface area contributed by atoms with Gasteiger partial charge in [-0.25, -0.2) is 9.37 Å². The minimum Gasteiger partial charge on any atom is -0.497 e. The molecule has 0 fully saturated rings. The molecule has 0 saturated heterocycles. The Bertz CT molecular complexity index is 863. The number of anilines is 2. The second kappa shape index (κ2) is 8.11. The average Bonchev–Trinajstić information content (AvgIpc) is 2.68. The van der Waals surface area contributed by atoms with Gasteiger partial charge in [0, 0.05) is 18.4 Å². The molecular weight excluding hydrogens is 333 g/mol. The molecule has 0 bridgehead atoms. The summed E-state index contributed by atoms with van der Waals surface area (Å²) < 4.78 is 18.0. The van der Waals surface area contributed by atoms with Gasteiger partial charge in [0.2, 0.25) is 0 Å². The van der Waals surface area contributed by atoms with E-state index in [9.17, 15) is 9.18 Å². The van der Waals surface area contributed by atoms with Gasteiger partial charge < -0.3 is 15.4 Å². The van der Waals surface area contributed by atoms with Crippen LogP contribution in [0.4, 0.5) is 15.9 Å². The Balaban J connectivity index is 1.57. The van der Waals surface area contributed by atoms with Gasteiger partial charge in [-0.05, 0) is 54.1 Å². The van der Waals surface area contributed by atoms with Gasteiger partial charge in [-0.3, -0.25) is 4.79 Å². The number of benzene rings is 2. The molecule has 2 N–H and O–H groups in total. The zero-order valence-corrected chi connectivity index (χ0v) is 14.2. The van der Waals surface area contributed by atoms with Crippen molar-refractivity contribution >= 4 is 17.4 Å². The molecule has 6 heteroatoms. The summed E-state index contributed by atoms with van der Waals surface area (Å²) in [7, 11) is 1.59. The number of pyridine rings is 1. The number of methoxy groups -OCH3 is 1. The van der Waals surface area contributed by atoms with Gasteiger partial charge in [-0.1, -0.05) is 12.1 Å². The van der Waals surface area contributed by atoms with Crippen molar-refractivity contribution in [3.05, 3.63) is 83.8 Å². The predicted octanol–water partition coefficient (Wildman–Crippen LogP) is 4.09. The standard InChI is InChI=1S/C20H18FN3O2/c1-26-18-9-7-17(8-10-18)24-20(25)15-4-11-19(23-13-15)22-12-14-2-5-16(21)6-3-14/h2-11,13H,12H2,1H3,(H,22,23)(H,24,25). The number of hydrogen-bond donors (Lipinski definition) is 2. The Morgan fingerprint density at radius 2 is 1.77 bits per heavy atom. The highest BCUT2D eigenvalue weighted by Crippen LogP contribution is 2.16. The normalized spacial score (nSPS) is 10.2. The van der Waals surface area contributed by atoms with Gasteiger partial charge in [0.1, 0.15) is 17.4 Å². The monoisotopic (exact) mass is 351 g/mol. The summed E-state index contributed by atoms with van der Waals surface area (Å²) in [6.45, 7) is 0.519.